The second-order valence-electron chi connectivity index (χ2n) is 9.89. The lowest BCUT2D eigenvalue weighted by molar-refractivity contribution is -0.137. The molecule has 1 aliphatic heterocycles. The van der Waals surface area contributed by atoms with E-state index in [0.29, 0.717) is 42.9 Å². The molecule has 0 spiro atoms. The maximum absolute atomic E-state index is 13.6. The smallest absolute Gasteiger partial charge is 0.416 e. The van der Waals surface area contributed by atoms with E-state index in [-0.39, 0.29) is 17.9 Å². The van der Waals surface area contributed by atoms with Gasteiger partial charge in [0.2, 0.25) is 10.0 Å². The van der Waals surface area contributed by atoms with Crippen molar-refractivity contribution in [2.75, 3.05) is 36.8 Å². The molecule has 1 heterocycles. The summed E-state index contributed by atoms with van der Waals surface area (Å²) in [4.78, 5) is 16.2. The van der Waals surface area contributed by atoms with Crippen molar-refractivity contribution in [3.05, 3.63) is 83.4 Å². The molecule has 4 rings (SSSR count). The van der Waals surface area contributed by atoms with Crippen LogP contribution in [-0.4, -0.2) is 62.4 Å². The molecule has 0 atom stereocenters. The van der Waals surface area contributed by atoms with Crippen LogP contribution in [0.1, 0.15) is 27.9 Å². The number of sulfonamides is 1. The lowest BCUT2D eigenvalue weighted by Gasteiger charge is -2.36. The quantitative estimate of drug-likeness (QED) is 0.330. The minimum absolute atomic E-state index is 0.0416. The van der Waals surface area contributed by atoms with E-state index in [0.717, 1.165) is 17.8 Å². The molecule has 7 nitrogen and oxygen atoms in total. The zero-order chi connectivity index (χ0) is 30.7. The number of hydrogen-bond donors (Lipinski definition) is 2. The molecule has 14 heteroatoms. The fourth-order valence-electron chi connectivity index (χ4n) is 4.55. The number of carbonyl (C=O) groups excluding carboxylic acids is 1. The number of carbonyl (C=O) groups is 1. The Bertz CT molecular complexity index is 1520. The first-order valence-electron chi connectivity index (χ1n) is 12.8. The molecule has 1 saturated heterocycles. The van der Waals surface area contributed by atoms with Crippen LogP contribution < -0.4 is 9.62 Å². The molecule has 0 aliphatic carbocycles. The maximum atomic E-state index is 13.6. The van der Waals surface area contributed by atoms with Crippen LogP contribution in [0.5, 0.6) is 5.75 Å². The van der Waals surface area contributed by atoms with Crippen molar-refractivity contribution in [3.8, 4) is 16.9 Å². The number of nitrogens with zero attached hydrogens (tertiary/aromatic N) is 2. The summed E-state index contributed by atoms with van der Waals surface area (Å²) in [5, 5.41) is 9.77. The molecule has 0 unspecified atom stereocenters. The highest BCUT2D eigenvalue weighted by Gasteiger charge is 2.32. The van der Waals surface area contributed by atoms with Gasteiger partial charge in [-0.25, -0.2) is 13.1 Å². The SMILES string of the molecule is O=C(NS(=O)(=O)CCC(F)(F)F)c1ccc(N2CCN(Cc3cc(-c4cccc(O)c4)cc(C(F)(F)F)c3)CC2)cc1. The molecule has 226 valence electrons. The summed E-state index contributed by atoms with van der Waals surface area (Å²) in [5.41, 5.74) is 1.16. The van der Waals surface area contributed by atoms with Crippen LogP contribution in [0.15, 0.2) is 66.7 Å². The van der Waals surface area contributed by atoms with Crippen molar-refractivity contribution in [3.63, 3.8) is 0 Å². The Hall–Kier alpha value is -3.78. The van der Waals surface area contributed by atoms with Crippen molar-refractivity contribution in [2.24, 2.45) is 0 Å². The number of aromatic hydroxyl groups is 1. The second kappa shape index (κ2) is 12.2. The molecular weight excluding hydrogens is 588 g/mol. The predicted octanol–water partition coefficient (Wildman–Crippen LogP) is 5.41. The van der Waals surface area contributed by atoms with Crippen LogP contribution in [0.2, 0.25) is 0 Å². The van der Waals surface area contributed by atoms with E-state index in [1.54, 1.807) is 35.1 Å². The first-order valence-corrected chi connectivity index (χ1v) is 14.4. The number of hydrogen-bond acceptors (Lipinski definition) is 6. The minimum Gasteiger partial charge on any atom is -0.508 e. The molecule has 2 N–H and O–H groups in total. The van der Waals surface area contributed by atoms with Gasteiger partial charge in [-0.3, -0.25) is 9.69 Å². The second-order valence-corrected chi connectivity index (χ2v) is 11.7. The Labute approximate surface area is 238 Å². The minimum atomic E-state index is -4.67. The van der Waals surface area contributed by atoms with Gasteiger partial charge in [0, 0.05) is 44.0 Å². The van der Waals surface area contributed by atoms with Gasteiger partial charge in [-0.1, -0.05) is 12.1 Å². The molecule has 0 bridgehead atoms. The molecule has 1 amide bonds. The van der Waals surface area contributed by atoms with Crippen molar-refractivity contribution in [1.29, 1.82) is 0 Å². The van der Waals surface area contributed by atoms with Gasteiger partial charge in [0.25, 0.3) is 5.91 Å². The number of anilines is 1. The molecular formula is C28H27F6N3O4S. The van der Waals surface area contributed by atoms with Crippen LogP contribution in [0.4, 0.5) is 32.0 Å². The zero-order valence-electron chi connectivity index (χ0n) is 22.0. The van der Waals surface area contributed by atoms with E-state index in [2.05, 4.69) is 0 Å². The van der Waals surface area contributed by atoms with E-state index in [1.165, 1.54) is 24.3 Å². The van der Waals surface area contributed by atoms with Gasteiger partial charge < -0.3 is 10.0 Å². The summed E-state index contributed by atoms with van der Waals surface area (Å²) in [6, 6.07) is 15.8. The van der Waals surface area contributed by atoms with Gasteiger partial charge >= 0.3 is 12.4 Å². The molecule has 3 aromatic carbocycles. The Morgan fingerprint density at radius 2 is 1.52 bits per heavy atom. The molecule has 1 fully saturated rings. The van der Waals surface area contributed by atoms with E-state index >= 15 is 0 Å². The van der Waals surface area contributed by atoms with Crippen LogP contribution in [0.3, 0.4) is 0 Å². The highest BCUT2D eigenvalue weighted by molar-refractivity contribution is 7.90. The third kappa shape index (κ3) is 8.61. The molecule has 0 radical (unpaired) electrons. The van der Waals surface area contributed by atoms with E-state index in [4.69, 9.17) is 0 Å². The normalized spacial score (nSPS) is 15.0. The number of amides is 1. The Balaban J connectivity index is 1.37. The number of phenolic OH excluding ortho intramolecular Hbond substituents is 1. The van der Waals surface area contributed by atoms with E-state index in [9.17, 15) is 44.7 Å². The van der Waals surface area contributed by atoms with E-state index < -0.39 is 46.0 Å². The lowest BCUT2D eigenvalue weighted by atomic mass is 9.99. The summed E-state index contributed by atoms with van der Waals surface area (Å²) in [6.07, 6.45) is -10.8. The van der Waals surface area contributed by atoms with Gasteiger partial charge in [-0.2, -0.15) is 26.3 Å². The average molecular weight is 616 g/mol. The van der Waals surface area contributed by atoms with Crippen molar-refractivity contribution < 1.29 is 44.7 Å². The average Bonchev–Trinajstić information content (AvgIpc) is 2.91. The third-order valence-electron chi connectivity index (χ3n) is 6.68. The van der Waals surface area contributed by atoms with Gasteiger partial charge in [0.1, 0.15) is 5.75 Å². The van der Waals surface area contributed by atoms with Crippen LogP contribution in [0, 0.1) is 0 Å². The number of nitrogens with one attached hydrogen (secondary N) is 1. The molecule has 0 saturated carbocycles. The first-order chi connectivity index (χ1) is 19.6. The molecule has 42 heavy (non-hydrogen) atoms. The fraction of sp³-hybridized carbons (Fsp3) is 0.321. The largest absolute Gasteiger partial charge is 0.508 e. The van der Waals surface area contributed by atoms with Crippen molar-refractivity contribution in [2.45, 2.75) is 25.3 Å². The Kier molecular flexibility index (Phi) is 9.06. The third-order valence-corrected chi connectivity index (χ3v) is 7.91. The summed E-state index contributed by atoms with van der Waals surface area (Å²) < 4.78 is 103. The first kappa shape index (κ1) is 31.2. The van der Waals surface area contributed by atoms with Gasteiger partial charge in [-0.05, 0) is 71.3 Å². The van der Waals surface area contributed by atoms with Gasteiger partial charge in [-0.15, -0.1) is 0 Å². The number of halogens is 6. The molecule has 1 aliphatic rings. The highest BCUT2D eigenvalue weighted by Crippen LogP contribution is 2.34. The number of alkyl halides is 6. The van der Waals surface area contributed by atoms with Crippen molar-refractivity contribution >= 4 is 21.6 Å². The van der Waals surface area contributed by atoms with Crippen molar-refractivity contribution in [1.82, 2.24) is 9.62 Å². The Morgan fingerprint density at radius 3 is 2.12 bits per heavy atom. The van der Waals surface area contributed by atoms with Crippen LogP contribution >= 0.6 is 0 Å². The Morgan fingerprint density at radius 1 is 0.857 bits per heavy atom. The standard InChI is InChI=1S/C28H27F6N3O4S/c29-27(30,31)8-13-42(40,41)35-26(39)20-4-6-24(7-5-20)37-11-9-36(10-12-37)18-19-14-22(16-23(15-19)28(32,33)34)21-2-1-3-25(38)17-21/h1-7,14-17,38H,8-13,18H2,(H,35,39). The fourth-order valence-corrected chi connectivity index (χ4v) is 5.55. The van der Waals surface area contributed by atoms with Gasteiger partial charge in [0.05, 0.1) is 17.7 Å². The molecule has 0 aromatic heterocycles. The molecule has 3 aromatic rings. The zero-order valence-corrected chi connectivity index (χ0v) is 22.9. The predicted molar refractivity (Wildman–Crippen MR) is 144 cm³/mol. The van der Waals surface area contributed by atoms with Crippen LogP contribution in [0.25, 0.3) is 11.1 Å². The summed E-state index contributed by atoms with van der Waals surface area (Å²) >= 11 is 0. The lowest BCUT2D eigenvalue weighted by Crippen LogP contribution is -2.46. The summed E-state index contributed by atoms with van der Waals surface area (Å²) in [6.45, 7) is 2.37. The monoisotopic (exact) mass is 615 g/mol. The highest BCUT2D eigenvalue weighted by atomic mass is 32.2. The number of phenols is 1. The topological polar surface area (TPSA) is 90.0 Å². The summed E-state index contributed by atoms with van der Waals surface area (Å²) in [7, 11) is -4.47. The van der Waals surface area contributed by atoms with Crippen LogP contribution in [-0.2, 0) is 22.7 Å². The number of benzene rings is 3. The number of piperazine rings is 1. The maximum Gasteiger partial charge on any atom is 0.416 e. The number of rotatable bonds is 8. The van der Waals surface area contributed by atoms with Gasteiger partial charge in [0.15, 0.2) is 0 Å². The van der Waals surface area contributed by atoms with E-state index in [1.807, 2.05) is 9.80 Å². The summed E-state index contributed by atoms with van der Waals surface area (Å²) in [5.74, 6) is -2.36.